The number of amides is 4. The standard InChI is InChI=1S/C22H25N3O3/c1-16(13-14-17-9-5-3-6-10-17)23-19(26)15-25-20(27)22(2,24-21(25)28)18-11-7-4-8-12-18/h3-12,16H,13-15H2,1-2H3,(H,23,26)(H,24,28)/t16-,22-/m0/s1. The Bertz CT molecular complexity index is 854. The van der Waals surface area contributed by atoms with E-state index in [2.05, 4.69) is 10.6 Å². The van der Waals surface area contributed by atoms with E-state index in [1.165, 1.54) is 5.56 Å². The number of rotatable bonds is 7. The molecule has 0 aromatic heterocycles. The first-order valence-corrected chi connectivity index (χ1v) is 9.43. The highest BCUT2D eigenvalue weighted by atomic mass is 16.2. The lowest BCUT2D eigenvalue weighted by molar-refractivity contribution is -0.135. The fourth-order valence-corrected chi connectivity index (χ4v) is 3.37. The van der Waals surface area contributed by atoms with Gasteiger partial charge >= 0.3 is 6.03 Å². The van der Waals surface area contributed by atoms with Crippen molar-refractivity contribution in [2.45, 2.75) is 38.3 Å². The van der Waals surface area contributed by atoms with Gasteiger partial charge in [-0.1, -0.05) is 60.7 Å². The molecule has 1 aliphatic heterocycles. The van der Waals surface area contributed by atoms with Crippen LogP contribution in [0.5, 0.6) is 0 Å². The fraction of sp³-hybridized carbons (Fsp3) is 0.318. The van der Waals surface area contributed by atoms with Crippen LogP contribution in [0.4, 0.5) is 4.79 Å². The van der Waals surface area contributed by atoms with Crippen LogP contribution in [0, 0.1) is 0 Å². The van der Waals surface area contributed by atoms with Crippen LogP contribution in [-0.2, 0) is 21.5 Å². The van der Waals surface area contributed by atoms with Gasteiger partial charge in [-0.25, -0.2) is 4.79 Å². The number of carbonyl (C=O) groups is 3. The summed E-state index contributed by atoms with van der Waals surface area (Å²) < 4.78 is 0. The molecule has 4 amide bonds. The van der Waals surface area contributed by atoms with Crippen molar-refractivity contribution in [2.24, 2.45) is 0 Å². The summed E-state index contributed by atoms with van der Waals surface area (Å²) in [5, 5.41) is 5.58. The Hall–Kier alpha value is -3.15. The number of nitrogens with zero attached hydrogens (tertiary/aromatic N) is 1. The molecule has 0 bridgehead atoms. The summed E-state index contributed by atoms with van der Waals surface area (Å²) in [6.45, 7) is 3.28. The van der Waals surface area contributed by atoms with Gasteiger partial charge in [-0.2, -0.15) is 0 Å². The van der Waals surface area contributed by atoms with Gasteiger partial charge in [0.15, 0.2) is 0 Å². The topological polar surface area (TPSA) is 78.5 Å². The van der Waals surface area contributed by atoms with Gasteiger partial charge in [0, 0.05) is 6.04 Å². The Labute approximate surface area is 164 Å². The van der Waals surface area contributed by atoms with E-state index in [9.17, 15) is 14.4 Å². The van der Waals surface area contributed by atoms with E-state index in [0.29, 0.717) is 5.56 Å². The van der Waals surface area contributed by atoms with Crippen molar-refractivity contribution in [3.05, 3.63) is 71.8 Å². The van der Waals surface area contributed by atoms with Gasteiger partial charge in [0.1, 0.15) is 12.1 Å². The van der Waals surface area contributed by atoms with Crippen LogP contribution in [0.25, 0.3) is 0 Å². The zero-order chi connectivity index (χ0) is 20.1. The Kier molecular flexibility index (Phi) is 5.78. The second-order valence-corrected chi connectivity index (χ2v) is 7.31. The number of carbonyl (C=O) groups excluding carboxylic acids is 3. The van der Waals surface area contributed by atoms with Crippen LogP contribution in [0.3, 0.4) is 0 Å². The Morgan fingerprint density at radius 2 is 1.68 bits per heavy atom. The van der Waals surface area contributed by atoms with Crippen LogP contribution in [0.2, 0.25) is 0 Å². The molecular weight excluding hydrogens is 354 g/mol. The summed E-state index contributed by atoms with van der Waals surface area (Å²) >= 11 is 0. The summed E-state index contributed by atoms with van der Waals surface area (Å²) in [6, 6.07) is 18.5. The van der Waals surface area contributed by atoms with Crippen LogP contribution in [-0.4, -0.2) is 35.3 Å². The van der Waals surface area contributed by atoms with Crippen molar-refractivity contribution in [3.8, 4) is 0 Å². The lowest BCUT2D eigenvalue weighted by Crippen LogP contribution is -2.45. The molecule has 1 heterocycles. The molecule has 6 heteroatoms. The molecular formula is C22H25N3O3. The van der Waals surface area contributed by atoms with Crippen molar-refractivity contribution in [3.63, 3.8) is 0 Å². The minimum atomic E-state index is -1.16. The third kappa shape index (κ3) is 4.22. The van der Waals surface area contributed by atoms with Gasteiger partial charge in [-0.15, -0.1) is 0 Å². The first-order chi connectivity index (χ1) is 13.4. The maximum atomic E-state index is 12.8. The van der Waals surface area contributed by atoms with Gasteiger partial charge in [-0.3, -0.25) is 14.5 Å². The maximum absolute atomic E-state index is 12.8. The molecule has 0 unspecified atom stereocenters. The van der Waals surface area contributed by atoms with E-state index in [1.54, 1.807) is 19.1 Å². The van der Waals surface area contributed by atoms with Crippen molar-refractivity contribution in [1.82, 2.24) is 15.5 Å². The van der Waals surface area contributed by atoms with Crippen LogP contribution in [0.15, 0.2) is 60.7 Å². The molecule has 2 aromatic rings. The van der Waals surface area contributed by atoms with E-state index in [0.717, 1.165) is 17.7 Å². The average molecular weight is 379 g/mol. The molecule has 28 heavy (non-hydrogen) atoms. The summed E-state index contributed by atoms with van der Waals surface area (Å²) in [4.78, 5) is 38.5. The van der Waals surface area contributed by atoms with Gasteiger partial charge in [0.05, 0.1) is 0 Å². The minimum absolute atomic E-state index is 0.0611. The molecule has 1 aliphatic rings. The number of nitrogens with one attached hydrogen (secondary N) is 2. The quantitative estimate of drug-likeness (QED) is 0.726. The lowest BCUT2D eigenvalue weighted by atomic mass is 9.92. The average Bonchev–Trinajstić information content (AvgIpc) is 2.92. The summed E-state index contributed by atoms with van der Waals surface area (Å²) in [7, 11) is 0. The number of aryl methyl sites for hydroxylation is 1. The molecule has 0 spiro atoms. The molecule has 0 aliphatic carbocycles. The van der Waals surface area contributed by atoms with E-state index in [1.807, 2.05) is 55.5 Å². The maximum Gasteiger partial charge on any atom is 0.325 e. The minimum Gasteiger partial charge on any atom is -0.352 e. The molecule has 2 N–H and O–H groups in total. The monoisotopic (exact) mass is 379 g/mol. The smallest absolute Gasteiger partial charge is 0.325 e. The largest absolute Gasteiger partial charge is 0.352 e. The number of imide groups is 1. The molecule has 0 saturated carbocycles. The first-order valence-electron chi connectivity index (χ1n) is 9.43. The lowest BCUT2D eigenvalue weighted by Gasteiger charge is -2.22. The van der Waals surface area contributed by atoms with Crippen LogP contribution < -0.4 is 10.6 Å². The van der Waals surface area contributed by atoms with E-state index in [4.69, 9.17) is 0 Å². The second-order valence-electron chi connectivity index (χ2n) is 7.31. The zero-order valence-corrected chi connectivity index (χ0v) is 16.1. The van der Waals surface area contributed by atoms with Crippen LogP contribution in [0.1, 0.15) is 31.4 Å². The summed E-state index contributed by atoms with van der Waals surface area (Å²) in [5.74, 6) is -0.767. The van der Waals surface area contributed by atoms with Crippen molar-refractivity contribution >= 4 is 17.8 Å². The molecule has 146 valence electrons. The third-order valence-corrected chi connectivity index (χ3v) is 5.04. The highest BCUT2D eigenvalue weighted by Crippen LogP contribution is 2.28. The molecule has 2 atom stereocenters. The van der Waals surface area contributed by atoms with E-state index < -0.39 is 17.5 Å². The Morgan fingerprint density at radius 1 is 1.07 bits per heavy atom. The normalized spacial score (nSPS) is 20.0. The molecule has 2 aromatic carbocycles. The van der Waals surface area contributed by atoms with Crippen molar-refractivity contribution in [1.29, 1.82) is 0 Å². The second kappa shape index (κ2) is 8.25. The molecule has 3 rings (SSSR count). The van der Waals surface area contributed by atoms with Gasteiger partial charge < -0.3 is 10.6 Å². The highest BCUT2D eigenvalue weighted by Gasteiger charge is 2.49. The number of hydrogen-bond donors (Lipinski definition) is 2. The Balaban J connectivity index is 1.56. The van der Waals surface area contributed by atoms with Crippen molar-refractivity contribution < 1.29 is 14.4 Å². The third-order valence-electron chi connectivity index (χ3n) is 5.04. The van der Waals surface area contributed by atoms with Crippen LogP contribution >= 0.6 is 0 Å². The molecule has 1 fully saturated rings. The predicted octanol–water partition coefficient (Wildman–Crippen LogP) is 2.59. The predicted molar refractivity (Wildman–Crippen MR) is 106 cm³/mol. The van der Waals surface area contributed by atoms with Gasteiger partial charge in [0.2, 0.25) is 5.91 Å². The fourth-order valence-electron chi connectivity index (χ4n) is 3.37. The zero-order valence-electron chi connectivity index (χ0n) is 16.1. The van der Waals surface area contributed by atoms with E-state index in [-0.39, 0.29) is 18.5 Å². The first kappa shape index (κ1) is 19.6. The van der Waals surface area contributed by atoms with E-state index >= 15 is 0 Å². The Morgan fingerprint density at radius 3 is 2.32 bits per heavy atom. The summed E-state index contributed by atoms with van der Waals surface area (Å²) in [6.07, 6.45) is 1.62. The molecule has 0 radical (unpaired) electrons. The van der Waals surface area contributed by atoms with Gasteiger partial charge in [0.25, 0.3) is 5.91 Å². The summed E-state index contributed by atoms with van der Waals surface area (Å²) in [5.41, 5.74) is 0.737. The number of urea groups is 1. The number of benzene rings is 2. The van der Waals surface area contributed by atoms with Gasteiger partial charge in [-0.05, 0) is 37.8 Å². The highest BCUT2D eigenvalue weighted by molar-refractivity contribution is 6.09. The number of hydrogen-bond acceptors (Lipinski definition) is 3. The molecule has 6 nitrogen and oxygen atoms in total. The SMILES string of the molecule is C[C@@H](CCc1ccccc1)NC(=O)CN1C(=O)N[C@@](C)(c2ccccc2)C1=O. The van der Waals surface area contributed by atoms with Crippen molar-refractivity contribution in [2.75, 3.05) is 6.54 Å². The molecule has 1 saturated heterocycles.